The van der Waals surface area contributed by atoms with Crippen LogP contribution in [0.5, 0.6) is 0 Å². The molecule has 1 N–H and O–H groups in total. The molecule has 1 aliphatic carbocycles. The first-order valence-corrected chi connectivity index (χ1v) is 6.88. The molecule has 0 aliphatic heterocycles. The maximum atomic E-state index is 4.05. The van der Waals surface area contributed by atoms with Crippen LogP contribution in [0.25, 0.3) is 0 Å². The second kappa shape index (κ2) is 5.67. The number of unbranched alkanes of at least 4 members (excludes halogenated alkanes) is 1. The van der Waals surface area contributed by atoms with E-state index in [1.54, 1.807) is 0 Å². The summed E-state index contributed by atoms with van der Waals surface area (Å²) in [6.07, 6.45) is 12.4. The van der Waals surface area contributed by atoms with Gasteiger partial charge in [-0.25, -0.2) is 4.98 Å². The van der Waals surface area contributed by atoms with Crippen molar-refractivity contribution in [2.24, 2.45) is 5.41 Å². The van der Waals surface area contributed by atoms with Crippen LogP contribution in [0.15, 0.2) is 18.7 Å². The van der Waals surface area contributed by atoms with Crippen molar-refractivity contribution in [3.63, 3.8) is 0 Å². The first kappa shape index (κ1) is 12.6. The first-order valence-electron chi connectivity index (χ1n) is 6.88. The van der Waals surface area contributed by atoms with Crippen molar-refractivity contribution in [3.8, 4) is 0 Å². The summed E-state index contributed by atoms with van der Waals surface area (Å²) in [5.74, 6) is 0. The minimum absolute atomic E-state index is 0.504. The Morgan fingerprint density at radius 3 is 2.94 bits per heavy atom. The minimum Gasteiger partial charge on any atom is -0.337 e. The standard InChI is InChI=1S/C14H25N3/c1-14(2)7-5-6-13(14)16-8-3-4-10-17-11-9-15-12-17/h9,11-13,16H,3-8,10H2,1-2H3. The van der Waals surface area contributed by atoms with E-state index in [4.69, 9.17) is 0 Å². The quantitative estimate of drug-likeness (QED) is 0.768. The van der Waals surface area contributed by atoms with Crippen LogP contribution in [0.2, 0.25) is 0 Å². The number of hydrogen-bond donors (Lipinski definition) is 1. The number of nitrogens with zero attached hydrogens (tertiary/aromatic N) is 2. The Morgan fingerprint density at radius 1 is 1.41 bits per heavy atom. The number of aromatic nitrogens is 2. The molecule has 3 heteroatoms. The molecular weight excluding hydrogens is 210 g/mol. The van der Waals surface area contributed by atoms with Gasteiger partial charge in [0.1, 0.15) is 0 Å². The molecule has 1 saturated carbocycles. The molecule has 1 atom stereocenters. The van der Waals surface area contributed by atoms with E-state index in [1.807, 2.05) is 18.7 Å². The predicted octanol–water partition coefficient (Wildman–Crippen LogP) is 2.83. The molecule has 1 unspecified atom stereocenters. The highest BCUT2D eigenvalue weighted by Crippen LogP contribution is 2.37. The number of imidazole rings is 1. The van der Waals surface area contributed by atoms with Crippen molar-refractivity contribution in [1.29, 1.82) is 0 Å². The summed E-state index contributed by atoms with van der Waals surface area (Å²) in [6, 6.07) is 0.732. The van der Waals surface area contributed by atoms with Crippen molar-refractivity contribution in [1.82, 2.24) is 14.9 Å². The fourth-order valence-corrected chi connectivity index (χ4v) is 2.82. The third-order valence-electron chi connectivity index (χ3n) is 4.05. The molecule has 0 saturated heterocycles. The van der Waals surface area contributed by atoms with Gasteiger partial charge < -0.3 is 9.88 Å². The molecule has 1 heterocycles. The van der Waals surface area contributed by atoms with Crippen LogP contribution in [0.1, 0.15) is 46.0 Å². The maximum absolute atomic E-state index is 4.05. The maximum Gasteiger partial charge on any atom is 0.0945 e. The third kappa shape index (κ3) is 3.56. The van der Waals surface area contributed by atoms with E-state index in [0.29, 0.717) is 5.41 Å². The average Bonchev–Trinajstić information content (AvgIpc) is 2.88. The lowest BCUT2D eigenvalue weighted by Gasteiger charge is -2.28. The Hall–Kier alpha value is -0.830. The van der Waals surface area contributed by atoms with E-state index >= 15 is 0 Å². The van der Waals surface area contributed by atoms with Gasteiger partial charge in [0.05, 0.1) is 6.33 Å². The predicted molar refractivity (Wildman–Crippen MR) is 70.9 cm³/mol. The van der Waals surface area contributed by atoms with Crippen LogP contribution >= 0.6 is 0 Å². The number of aryl methyl sites for hydroxylation is 1. The molecule has 1 aromatic heterocycles. The fourth-order valence-electron chi connectivity index (χ4n) is 2.82. The summed E-state index contributed by atoms with van der Waals surface area (Å²) in [4.78, 5) is 4.05. The van der Waals surface area contributed by atoms with Crippen molar-refractivity contribution in [2.75, 3.05) is 6.54 Å². The fraction of sp³-hybridized carbons (Fsp3) is 0.786. The van der Waals surface area contributed by atoms with E-state index < -0.39 is 0 Å². The highest BCUT2D eigenvalue weighted by Gasteiger charge is 2.33. The molecule has 0 bridgehead atoms. The normalized spacial score (nSPS) is 23.1. The van der Waals surface area contributed by atoms with Gasteiger partial charge in [0.15, 0.2) is 0 Å². The third-order valence-corrected chi connectivity index (χ3v) is 4.05. The molecular formula is C14H25N3. The zero-order chi connectivity index (χ0) is 12.1. The Balaban J connectivity index is 1.57. The van der Waals surface area contributed by atoms with E-state index in [-0.39, 0.29) is 0 Å². The summed E-state index contributed by atoms with van der Waals surface area (Å²) in [5, 5.41) is 3.73. The summed E-state index contributed by atoms with van der Waals surface area (Å²) in [6.45, 7) is 7.03. The molecule has 0 spiro atoms. The van der Waals surface area contributed by atoms with Crippen molar-refractivity contribution < 1.29 is 0 Å². The number of nitrogens with one attached hydrogen (secondary N) is 1. The Kier molecular flexibility index (Phi) is 4.21. The van der Waals surface area contributed by atoms with Crippen LogP contribution in [-0.2, 0) is 6.54 Å². The monoisotopic (exact) mass is 235 g/mol. The minimum atomic E-state index is 0.504. The molecule has 1 aliphatic rings. The number of hydrogen-bond acceptors (Lipinski definition) is 2. The average molecular weight is 235 g/mol. The van der Waals surface area contributed by atoms with Crippen LogP contribution in [0.3, 0.4) is 0 Å². The van der Waals surface area contributed by atoms with Gasteiger partial charge >= 0.3 is 0 Å². The lowest BCUT2D eigenvalue weighted by atomic mass is 9.87. The highest BCUT2D eigenvalue weighted by molar-refractivity contribution is 4.89. The molecule has 1 aromatic rings. The summed E-state index contributed by atoms with van der Waals surface area (Å²) in [7, 11) is 0. The van der Waals surface area contributed by atoms with E-state index in [9.17, 15) is 0 Å². The summed E-state index contributed by atoms with van der Waals surface area (Å²) < 4.78 is 2.15. The van der Waals surface area contributed by atoms with Crippen molar-refractivity contribution in [3.05, 3.63) is 18.7 Å². The van der Waals surface area contributed by atoms with Gasteiger partial charge in [0, 0.05) is 25.0 Å². The van der Waals surface area contributed by atoms with Gasteiger partial charge in [0.25, 0.3) is 0 Å². The van der Waals surface area contributed by atoms with E-state index in [0.717, 1.165) is 19.1 Å². The van der Waals surface area contributed by atoms with Crippen LogP contribution in [-0.4, -0.2) is 22.1 Å². The van der Waals surface area contributed by atoms with Gasteiger partial charge in [-0.05, 0) is 37.6 Å². The molecule has 3 nitrogen and oxygen atoms in total. The lowest BCUT2D eigenvalue weighted by Crippen LogP contribution is -2.38. The zero-order valence-electron chi connectivity index (χ0n) is 11.2. The Labute approximate surface area is 105 Å². The molecule has 17 heavy (non-hydrogen) atoms. The van der Waals surface area contributed by atoms with E-state index in [1.165, 1.54) is 32.1 Å². The molecule has 2 rings (SSSR count). The molecule has 0 aromatic carbocycles. The van der Waals surface area contributed by atoms with Gasteiger partial charge in [-0.3, -0.25) is 0 Å². The summed E-state index contributed by atoms with van der Waals surface area (Å²) in [5.41, 5.74) is 0.504. The van der Waals surface area contributed by atoms with Crippen molar-refractivity contribution in [2.45, 2.75) is 58.5 Å². The summed E-state index contributed by atoms with van der Waals surface area (Å²) >= 11 is 0. The molecule has 96 valence electrons. The van der Waals surface area contributed by atoms with Gasteiger partial charge in [-0.2, -0.15) is 0 Å². The van der Waals surface area contributed by atoms with E-state index in [2.05, 4.69) is 28.7 Å². The zero-order valence-corrected chi connectivity index (χ0v) is 11.2. The molecule has 0 radical (unpaired) electrons. The van der Waals surface area contributed by atoms with Gasteiger partial charge in [-0.1, -0.05) is 20.3 Å². The topological polar surface area (TPSA) is 29.9 Å². The second-order valence-electron chi connectivity index (χ2n) is 5.90. The molecule has 0 amide bonds. The molecule has 1 fully saturated rings. The first-order chi connectivity index (χ1) is 8.18. The Morgan fingerprint density at radius 2 is 2.29 bits per heavy atom. The van der Waals surface area contributed by atoms with Crippen LogP contribution in [0, 0.1) is 5.41 Å². The van der Waals surface area contributed by atoms with Crippen molar-refractivity contribution >= 4 is 0 Å². The largest absolute Gasteiger partial charge is 0.337 e. The van der Waals surface area contributed by atoms with Crippen LogP contribution < -0.4 is 5.32 Å². The second-order valence-corrected chi connectivity index (χ2v) is 5.90. The Bertz CT molecular complexity index is 316. The number of rotatable bonds is 6. The highest BCUT2D eigenvalue weighted by atomic mass is 15.0. The lowest BCUT2D eigenvalue weighted by molar-refractivity contribution is 0.282. The van der Waals surface area contributed by atoms with Gasteiger partial charge in [-0.15, -0.1) is 0 Å². The van der Waals surface area contributed by atoms with Gasteiger partial charge in [0.2, 0.25) is 0 Å². The SMILES string of the molecule is CC1(C)CCCC1NCCCCn1ccnc1. The smallest absolute Gasteiger partial charge is 0.0945 e. The van der Waals surface area contributed by atoms with Crippen LogP contribution in [0.4, 0.5) is 0 Å².